The third-order valence-corrected chi connectivity index (χ3v) is 3.75. The van der Waals surface area contributed by atoms with Crippen molar-refractivity contribution >= 4 is 24.0 Å². The van der Waals surface area contributed by atoms with Crippen molar-refractivity contribution in [3.05, 3.63) is 58.4 Å². The summed E-state index contributed by atoms with van der Waals surface area (Å²) in [6.07, 6.45) is -0.394. The molecule has 0 aliphatic heterocycles. The van der Waals surface area contributed by atoms with Crippen LogP contribution in [0.15, 0.2) is 36.4 Å². The topological polar surface area (TPSA) is 50.7 Å². The van der Waals surface area contributed by atoms with Crippen LogP contribution in [-0.4, -0.2) is 24.9 Å². The molecule has 25 heavy (non-hydrogen) atoms. The van der Waals surface area contributed by atoms with Crippen molar-refractivity contribution in [2.45, 2.75) is 26.2 Å². The van der Waals surface area contributed by atoms with E-state index < -0.39 is 6.10 Å². The predicted molar refractivity (Wildman–Crippen MR) is 99.4 cm³/mol. The third-order valence-electron chi connectivity index (χ3n) is 3.40. The van der Waals surface area contributed by atoms with Gasteiger partial charge in [0.2, 0.25) is 0 Å². The van der Waals surface area contributed by atoms with Crippen molar-refractivity contribution in [2.24, 2.45) is 0 Å². The quantitative estimate of drug-likeness (QED) is 0.717. The lowest BCUT2D eigenvalue weighted by atomic mass is 10.2. The maximum atomic E-state index is 13.1. The number of aliphatic hydroxyl groups excluding tert-OH is 1. The van der Waals surface area contributed by atoms with Crippen LogP contribution in [0.4, 0.5) is 4.39 Å². The van der Waals surface area contributed by atoms with E-state index in [4.69, 9.17) is 21.1 Å². The number of nitrogens with one attached hydrogen (secondary N) is 1. The second kappa shape index (κ2) is 10.5. The second-order valence-electron chi connectivity index (χ2n) is 5.49. The van der Waals surface area contributed by atoms with Crippen LogP contribution in [-0.2, 0) is 13.2 Å². The Morgan fingerprint density at radius 3 is 2.60 bits per heavy atom. The highest BCUT2D eigenvalue weighted by molar-refractivity contribution is 6.31. The molecule has 0 saturated carbocycles. The molecule has 0 aromatic heterocycles. The highest BCUT2D eigenvalue weighted by atomic mass is 35.5. The first-order valence-corrected chi connectivity index (χ1v) is 8.00. The molecule has 2 aromatic rings. The maximum absolute atomic E-state index is 13.1. The zero-order chi connectivity index (χ0) is 17.5. The molecular formula is C18H22Cl2FNO3. The summed E-state index contributed by atoms with van der Waals surface area (Å²) in [5, 5.41) is 12.7. The van der Waals surface area contributed by atoms with E-state index in [2.05, 4.69) is 5.32 Å². The smallest absolute Gasteiger partial charge is 0.161 e. The van der Waals surface area contributed by atoms with Crippen LogP contribution in [0, 0.1) is 5.82 Å². The minimum Gasteiger partial charge on any atom is -0.493 e. The van der Waals surface area contributed by atoms with Crippen molar-refractivity contribution in [3.8, 4) is 11.5 Å². The van der Waals surface area contributed by atoms with E-state index in [1.807, 2.05) is 18.2 Å². The number of methoxy groups -OCH3 is 1. The minimum absolute atomic E-state index is 0. The van der Waals surface area contributed by atoms with Gasteiger partial charge in [0.05, 0.1) is 18.2 Å². The van der Waals surface area contributed by atoms with Crippen molar-refractivity contribution in [3.63, 3.8) is 0 Å². The Balaban J connectivity index is 0.00000312. The third kappa shape index (κ3) is 6.71. The number of halogens is 3. The molecule has 0 aliphatic rings. The second-order valence-corrected chi connectivity index (χ2v) is 5.90. The Bertz CT molecular complexity index is 683. The molecule has 0 amide bonds. The summed E-state index contributed by atoms with van der Waals surface area (Å²) in [6.45, 7) is 3.08. The monoisotopic (exact) mass is 389 g/mol. The molecule has 0 bridgehead atoms. The van der Waals surface area contributed by atoms with Gasteiger partial charge in [0.25, 0.3) is 0 Å². The molecule has 138 valence electrons. The van der Waals surface area contributed by atoms with Gasteiger partial charge in [-0.1, -0.05) is 23.7 Å². The van der Waals surface area contributed by atoms with Crippen LogP contribution >= 0.6 is 24.0 Å². The zero-order valence-corrected chi connectivity index (χ0v) is 15.7. The largest absolute Gasteiger partial charge is 0.493 e. The number of hydrogen-bond donors (Lipinski definition) is 2. The molecule has 0 heterocycles. The molecule has 0 fully saturated rings. The molecule has 1 atom stereocenters. The normalized spacial score (nSPS) is 11.6. The van der Waals surface area contributed by atoms with Gasteiger partial charge in [-0.25, -0.2) is 4.39 Å². The Hall–Kier alpha value is -1.53. The van der Waals surface area contributed by atoms with Gasteiger partial charge in [0, 0.05) is 18.7 Å². The molecule has 1 unspecified atom stereocenters. The van der Waals surface area contributed by atoms with Gasteiger partial charge in [0.1, 0.15) is 12.4 Å². The number of rotatable bonds is 8. The fraction of sp³-hybridized carbons (Fsp3) is 0.333. The lowest BCUT2D eigenvalue weighted by Gasteiger charge is -2.13. The summed E-state index contributed by atoms with van der Waals surface area (Å²) in [4.78, 5) is 0. The van der Waals surface area contributed by atoms with E-state index in [0.717, 1.165) is 5.56 Å². The van der Waals surface area contributed by atoms with Crippen LogP contribution in [0.5, 0.6) is 11.5 Å². The van der Waals surface area contributed by atoms with Crippen LogP contribution in [0.2, 0.25) is 5.02 Å². The highest BCUT2D eigenvalue weighted by Crippen LogP contribution is 2.29. The van der Waals surface area contributed by atoms with E-state index in [1.54, 1.807) is 20.1 Å². The van der Waals surface area contributed by atoms with E-state index in [-0.39, 0.29) is 24.8 Å². The average Bonchev–Trinajstić information content (AvgIpc) is 2.54. The first-order valence-electron chi connectivity index (χ1n) is 7.62. The van der Waals surface area contributed by atoms with Gasteiger partial charge >= 0.3 is 0 Å². The summed E-state index contributed by atoms with van der Waals surface area (Å²) >= 11 is 6.00. The maximum Gasteiger partial charge on any atom is 0.161 e. The first-order chi connectivity index (χ1) is 11.5. The van der Waals surface area contributed by atoms with Gasteiger partial charge in [-0.3, -0.25) is 0 Å². The highest BCUT2D eigenvalue weighted by Gasteiger charge is 2.08. The van der Waals surface area contributed by atoms with Crippen molar-refractivity contribution in [1.82, 2.24) is 5.32 Å². The summed E-state index contributed by atoms with van der Waals surface area (Å²) in [7, 11) is 1.57. The first kappa shape index (κ1) is 21.5. The van der Waals surface area contributed by atoms with E-state index in [9.17, 15) is 9.50 Å². The lowest BCUT2D eigenvalue weighted by Crippen LogP contribution is -2.23. The van der Waals surface area contributed by atoms with Crippen LogP contribution < -0.4 is 14.8 Å². The summed E-state index contributed by atoms with van der Waals surface area (Å²) in [6, 6.07) is 9.80. The molecule has 2 aromatic carbocycles. The van der Waals surface area contributed by atoms with E-state index in [1.165, 1.54) is 12.1 Å². The van der Waals surface area contributed by atoms with Crippen LogP contribution in [0.1, 0.15) is 18.1 Å². The standard InChI is InChI=1S/C18H21ClFNO3.ClH/c1-12(22)9-21-10-13-3-6-17(18(7-13)23-2)24-11-14-4-5-15(20)8-16(14)19;/h3-8,12,21-22H,9-11H2,1-2H3;1H. The molecule has 7 heteroatoms. The summed E-state index contributed by atoms with van der Waals surface area (Å²) < 4.78 is 24.2. The van der Waals surface area contributed by atoms with Crippen LogP contribution in [0.3, 0.4) is 0 Å². The molecule has 2 rings (SSSR count). The van der Waals surface area contributed by atoms with Gasteiger partial charge in [-0.05, 0) is 36.8 Å². The summed E-state index contributed by atoms with van der Waals surface area (Å²) in [5.74, 6) is 0.803. The van der Waals surface area contributed by atoms with Gasteiger partial charge < -0.3 is 19.9 Å². The van der Waals surface area contributed by atoms with E-state index in [0.29, 0.717) is 35.2 Å². The Kier molecular flexibility index (Phi) is 9.00. The van der Waals surface area contributed by atoms with Gasteiger partial charge in [-0.2, -0.15) is 0 Å². The SMILES string of the molecule is COc1cc(CNCC(C)O)ccc1OCc1ccc(F)cc1Cl.Cl. The number of hydrogen-bond acceptors (Lipinski definition) is 4. The average molecular weight is 390 g/mol. The minimum atomic E-state index is -0.394. The fourth-order valence-electron chi connectivity index (χ4n) is 2.16. The van der Waals surface area contributed by atoms with Crippen molar-refractivity contribution < 1.29 is 19.0 Å². The summed E-state index contributed by atoms with van der Waals surface area (Å²) in [5.41, 5.74) is 1.71. The number of aliphatic hydroxyl groups is 1. The molecule has 0 aliphatic carbocycles. The van der Waals surface area contributed by atoms with Crippen LogP contribution in [0.25, 0.3) is 0 Å². The van der Waals surface area contributed by atoms with Crippen molar-refractivity contribution in [2.75, 3.05) is 13.7 Å². The zero-order valence-electron chi connectivity index (χ0n) is 14.1. The molecule has 0 radical (unpaired) electrons. The predicted octanol–water partition coefficient (Wildman–Crippen LogP) is 3.96. The van der Waals surface area contributed by atoms with Gasteiger partial charge in [0.15, 0.2) is 11.5 Å². The Morgan fingerprint density at radius 2 is 1.96 bits per heavy atom. The Morgan fingerprint density at radius 1 is 1.20 bits per heavy atom. The van der Waals surface area contributed by atoms with Gasteiger partial charge in [-0.15, -0.1) is 12.4 Å². The Labute approximate surface area is 158 Å². The molecule has 0 spiro atoms. The molecular weight excluding hydrogens is 368 g/mol. The fourth-order valence-corrected chi connectivity index (χ4v) is 2.38. The van der Waals surface area contributed by atoms with Crippen molar-refractivity contribution in [1.29, 1.82) is 0 Å². The van der Waals surface area contributed by atoms with E-state index >= 15 is 0 Å². The lowest BCUT2D eigenvalue weighted by molar-refractivity contribution is 0.191. The number of ether oxygens (including phenoxy) is 2. The molecule has 2 N–H and O–H groups in total. The molecule has 4 nitrogen and oxygen atoms in total. The number of benzene rings is 2. The molecule has 0 saturated heterocycles.